The lowest BCUT2D eigenvalue weighted by molar-refractivity contribution is -0.117. The zero-order valence-electron chi connectivity index (χ0n) is 8.70. The Hall–Kier alpha value is -0.960. The molecule has 0 heterocycles. The fourth-order valence-corrected chi connectivity index (χ4v) is 2.07. The molecule has 3 heteroatoms. The van der Waals surface area contributed by atoms with Crippen molar-refractivity contribution in [3.63, 3.8) is 0 Å². The van der Waals surface area contributed by atoms with Gasteiger partial charge in [-0.25, -0.2) is 0 Å². The number of hydrogen-bond donors (Lipinski definition) is 1. The molecule has 0 unspecified atom stereocenters. The number of benzene rings is 1. The van der Waals surface area contributed by atoms with Crippen LogP contribution in [-0.2, 0) is 4.79 Å². The third kappa shape index (κ3) is 2.77. The summed E-state index contributed by atoms with van der Waals surface area (Å²) >= 11 is 1.51. The number of nitrogens with two attached hydrogens (primary N) is 1. The summed E-state index contributed by atoms with van der Waals surface area (Å²) in [5, 5.41) is -0.170. The van der Waals surface area contributed by atoms with Gasteiger partial charge < -0.3 is 5.73 Å². The predicted octanol–water partition coefficient (Wildman–Crippen LogP) is 2.27. The summed E-state index contributed by atoms with van der Waals surface area (Å²) in [5.74, 6) is -0.269. The Morgan fingerprint density at radius 3 is 2.57 bits per heavy atom. The minimum atomic E-state index is -0.269. The molecule has 0 aliphatic heterocycles. The number of thioether (sulfide) groups is 1. The lowest BCUT2D eigenvalue weighted by Crippen LogP contribution is -2.22. The van der Waals surface area contributed by atoms with Crippen LogP contribution < -0.4 is 5.73 Å². The summed E-state index contributed by atoms with van der Waals surface area (Å²) in [4.78, 5) is 12.0. The van der Waals surface area contributed by atoms with Gasteiger partial charge in [-0.15, -0.1) is 11.8 Å². The highest BCUT2D eigenvalue weighted by Gasteiger charge is 2.11. The predicted molar refractivity (Wildman–Crippen MR) is 60.4 cm³/mol. The molecule has 2 nitrogen and oxygen atoms in total. The monoisotopic (exact) mass is 209 g/mol. The van der Waals surface area contributed by atoms with Crippen molar-refractivity contribution in [1.29, 1.82) is 0 Å². The van der Waals surface area contributed by atoms with Gasteiger partial charge in [-0.2, -0.15) is 0 Å². The number of aryl methyl sites for hydroxylation is 2. The Kier molecular flexibility index (Phi) is 3.58. The van der Waals surface area contributed by atoms with Gasteiger partial charge in [-0.05, 0) is 32.4 Å². The summed E-state index contributed by atoms with van der Waals surface area (Å²) in [6, 6.07) is 6.19. The summed E-state index contributed by atoms with van der Waals surface area (Å²) in [5.41, 5.74) is 7.64. The maximum Gasteiger partial charge on any atom is 0.230 e. The molecule has 0 saturated heterocycles. The molecule has 76 valence electrons. The second-order valence-electron chi connectivity index (χ2n) is 3.43. The van der Waals surface area contributed by atoms with E-state index in [-0.39, 0.29) is 11.2 Å². The highest BCUT2D eigenvalue weighted by Crippen LogP contribution is 2.26. The van der Waals surface area contributed by atoms with Gasteiger partial charge in [0.1, 0.15) is 0 Å². The van der Waals surface area contributed by atoms with Crippen LogP contribution in [0, 0.1) is 13.8 Å². The van der Waals surface area contributed by atoms with E-state index >= 15 is 0 Å². The number of primary amides is 1. The molecule has 14 heavy (non-hydrogen) atoms. The van der Waals surface area contributed by atoms with Gasteiger partial charge in [-0.1, -0.05) is 17.7 Å². The standard InChI is InChI=1S/C11H15NOS/c1-7-4-5-10(8(2)6-7)14-9(3)11(12)13/h4-6,9H,1-3H3,(H2,12,13)/t9-/m1/s1. The number of amides is 1. The van der Waals surface area contributed by atoms with Gasteiger partial charge in [0.15, 0.2) is 0 Å². The molecule has 1 aromatic rings. The lowest BCUT2D eigenvalue weighted by Gasteiger charge is -2.09. The van der Waals surface area contributed by atoms with Crippen LogP contribution in [0.4, 0.5) is 0 Å². The van der Waals surface area contributed by atoms with Gasteiger partial charge in [0, 0.05) is 4.90 Å². The first-order valence-electron chi connectivity index (χ1n) is 4.54. The molecule has 2 N–H and O–H groups in total. The Morgan fingerprint density at radius 2 is 2.07 bits per heavy atom. The third-order valence-electron chi connectivity index (χ3n) is 2.03. The van der Waals surface area contributed by atoms with Crippen molar-refractivity contribution in [2.45, 2.75) is 30.9 Å². The molecular formula is C11H15NOS. The Morgan fingerprint density at radius 1 is 1.43 bits per heavy atom. The molecule has 1 rings (SSSR count). The summed E-state index contributed by atoms with van der Waals surface area (Å²) in [6.07, 6.45) is 0. The van der Waals surface area contributed by atoms with E-state index in [1.54, 1.807) is 0 Å². The van der Waals surface area contributed by atoms with Gasteiger partial charge in [0.2, 0.25) is 5.91 Å². The lowest BCUT2D eigenvalue weighted by atomic mass is 10.2. The molecule has 0 aliphatic rings. The SMILES string of the molecule is Cc1ccc(S[C@H](C)C(N)=O)c(C)c1. The third-order valence-corrected chi connectivity index (χ3v) is 3.33. The van der Waals surface area contributed by atoms with E-state index in [9.17, 15) is 4.79 Å². The molecular weight excluding hydrogens is 194 g/mol. The van der Waals surface area contributed by atoms with Crippen molar-refractivity contribution in [3.8, 4) is 0 Å². The minimum Gasteiger partial charge on any atom is -0.369 e. The average molecular weight is 209 g/mol. The summed E-state index contributed by atoms with van der Waals surface area (Å²) < 4.78 is 0. The maximum atomic E-state index is 10.9. The number of rotatable bonds is 3. The van der Waals surface area contributed by atoms with Crippen LogP contribution in [0.15, 0.2) is 23.1 Å². The minimum absolute atomic E-state index is 0.170. The van der Waals surface area contributed by atoms with Gasteiger partial charge in [-0.3, -0.25) is 4.79 Å². The van der Waals surface area contributed by atoms with E-state index in [4.69, 9.17) is 5.73 Å². The molecule has 0 saturated carbocycles. The molecule has 0 spiro atoms. The summed E-state index contributed by atoms with van der Waals surface area (Å²) in [6.45, 7) is 5.92. The number of hydrogen-bond acceptors (Lipinski definition) is 2. The fourth-order valence-electron chi connectivity index (χ4n) is 1.18. The van der Waals surface area contributed by atoms with E-state index in [0.29, 0.717) is 0 Å². The average Bonchev–Trinajstić information content (AvgIpc) is 2.09. The topological polar surface area (TPSA) is 43.1 Å². The van der Waals surface area contributed by atoms with Crippen molar-refractivity contribution in [1.82, 2.24) is 0 Å². The maximum absolute atomic E-state index is 10.9. The number of carbonyl (C=O) groups is 1. The molecule has 1 atom stereocenters. The van der Waals surface area contributed by atoms with Crippen LogP contribution in [0.25, 0.3) is 0 Å². The molecule has 0 fully saturated rings. The highest BCUT2D eigenvalue weighted by atomic mass is 32.2. The second kappa shape index (κ2) is 4.51. The zero-order valence-corrected chi connectivity index (χ0v) is 9.52. The summed E-state index contributed by atoms with van der Waals surface area (Å²) in [7, 11) is 0. The largest absolute Gasteiger partial charge is 0.369 e. The van der Waals surface area contributed by atoms with Gasteiger partial charge >= 0.3 is 0 Å². The van der Waals surface area contributed by atoms with Crippen LogP contribution in [0.2, 0.25) is 0 Å². The first kappa shape index (κ1) is 11.1. The second-order valence-corrected chi connectivity index (χ2v) is 4.81. The van der Waals surface area contributed by atoms with Crippen LogP contribution in [0.1, 0.15) is 18.1 Å². The first-order valence-corrected chi connectivity index (χ1v) is 5.42. The Labute approximate surface area is 88.9 Å². The van der Waals surface area contributed by atoms with Crippen LogP contribution in [-0.4, -0.2) is 11.2 Å². The highest BCUT2D eigenvalue weighted by molar-refractivity contribution is 8.00. The Bertz CT molecular complexity index is 349. The van der Waals surface area contributed by atoms with Crippen molar-refractivity contribution < 1.29 is 4.79 Å². The van der Waals surface area contributed by atoms with Gasteiger partial charge in [0.05, 0.1) is 5.25 Å². The molecule has 0 aliphatic carbocycles. The molecule has 1 amide bonds. The van der Waals surface area contributed by atoms with Crippen LogP contribution in [0.5, 0.6) is 0 Å². The zero-order chi connectivity index (χ0) is 10.7. The fraction of sp³-hybridized carbons (Fsp3) is 0.364. The van der Waals surface area contributed by atoms with E-state index in [0.717, 1.165) is 4.90 Å². The Balaban J connectivity index is 2.82. The van der Waals surface area contributed by atoms with E-state index in [2.05, 4.69) is 13.0 Å². The van der Waals surface area contributed by atoms with Gasteiger partial charge in [0.25, 0.3) is 0 Å². The first-order chi connectivity index (χ1) is 6.50. The van der Waals surface area contributed by atoms with Crippen molar-refractivity contribution in [3.05, 3.63) is 29.3 Å². The van der Waals surface area contributed by atoms with E-state index in [1.165, 1.54) is 22.9 Å². The van der Waals surface area contributed by atoms with Crippen LogP contribution >= 0.6 is 11.8 Å². The quantitative estimate of drug-likeness (QED) is 0.776. The molecule has 1 aromatic carbocycles. The molecule has 0 aromatic heterocycles. The normalized spacial score (nSPS) is 12.5. The van der Waals surface area contributed by atoms with Crippen molar-refractivity contribution >= 4 is 17.7 Å². The molecule has 0 bridgehead atoms. The van der Waals surface area contributed by atoms with Crippen molar-refractivity contribution in [2.24, 2.45) is 5.73 Å². The van der Waals surface area contributed by atoms with Crippen LogP contribution in [0.3, 0.4) is 0 Å². The smallest absolute Gasteiger partial charge is 0.230 e. The van der Waals surface area contributed by atoms with E-state index < -0.39 is 0 Å². The van der Waals surface area contributed by atoms with Crippen molar-refractivity contribution in [2.75, 3.05) is 0 Å². The van der Waals surface area contributed by atoms with E-state index in [1.807, 2.05) is 26.0 Å². The number of carbonyl (C=O) groups excluding carboxylic acids is 1. The molecule has 0 radical (unpaired) electrons.